The van der Waals surface area contributed by atoms with E-state index in [4.69, 9.17) is 15.2 Å². The first-order valence-corrected chi connectivity index (χ1v) is 7.13. The Morgan fingerprint density at radius 2 is 2.38 bits per heavy atom. The monoisotopic (exact) mass is 295 g/mol. The third-order valence-corrected chi connectivity index (χ3v) is 3.37. The SMILES string of the molecule is CCCOc1cc(N2CCOC(CN)C2)ccc1[N+](=O)[O-]. The van der Waals surface area contributed by atoms with Crippen LogP contribution in [0, 0.1) is 10.1 Å². The highest BCUT2D eigenvalue weighted by Crippen LogP contribution is 2.32. The minimum absolute atomic E-state index is 0.00386. The molecule has 1 heterocycles. The highest BCUT2D eigenvalue weighted by molar-refractivity contribution is 5.59. The molecule has 7 nitrogen and oxygen atoms in total. The van der Waals surface area contributed by atoms with Gasteiger partial charge in [0.2, 0.25) is 0 Å². The Morgan fingerprint density at radius 1 is 1.57 bits per heavy atom. The van der Waals surface area contributed by atoms with Gasteiger partial charge in [0.15, 0.2) is 5.75 Å². The van der Waals surface area contributed by atoms with Crippen LogP contribution in [0.3, 0.4) is 0 Å². The molecule has 1 saturated heterocycles. The second kappa shape index (κ2) is 7.24. The van der Waals surface area contributed by atoms with Crippen molar-refractivity contribution in [2.75, 3.05) is 37.7 Å². The average molecular weight is 295 g/mol. The summed E-state index contributed by atoms with van der Waals surface area (Å²) in [6.45, 7) is 4.90. The molecule has 0 aromatic heterocycles. The van der Waals surface area contributed by atoms with Crippen molar-refractivity contribution in [1.82, 2.24) is 0 Å². The Kier molecular flexibility index (Phi) is 5.35. The average Bonchev–Trinajstić information content (AvgIpc) is 2.52. The maximum absolute atomic E-state index is 11.0. The van der Waals surface area contributed by atoms with Gasteiger partial charge in [-0.05, 0) is 12.5 Å². The van der Waals surface area contributed by atoms with Gasteiger partial charge >= 0.3 is 5.69 Å². The molecule has 0 aliphatic carbocycles. The van der Waals surface area contributed by atoms with Crippen molar-refractivity contribution in [3.05, 3.63) is 28.3 Å². The Hall–Kier alpha value is -1.86. The molecule has 1 atom stereocenters. The van der Waals surface area contributed by atoms with E-state index < -0.39 is 4.92 Å². The molecule has 1 aliphatic heterocycles. The number of nitrogens with zero attached hydrogens (tertiary/aromatic N) is 2. The molecule has 1 unspecified atom stereocenters. The summed E-state index contributed by atoms with van der Waals surface area (Å²) >= 11 is 0. The van der Waals surface area contributed by atoms with E-state index in [2.05, 4.69) is 4.90 Å². The van der Waals surface area contributed by atoms with Gasteiger partial charge in [-0.15, -0.1) is 0 Å². The minimum atomic E-state index is -0.420. The lowest BCUT2D eigenvalue weighted by atomic mass is 10.2. The van der Waals surface area contributed by atoms with Gasteiger partial charge in [0.25, 0.3) is 0 Å². The summed E-state index contributed by atoms with van der Waals surface area (Å²) in [6.07, 6.45) is 0.794. The summed E-state index contributed by atoms with van der Waals surface area (Å²) < 4.78 is 11.0. The third kappa shape index (κ3) is 3.83. The van der Waals surface area contributed by atoms with E-state index in [9.17, 15) is 10.1 Å². The first-order valence-electron chi connectivity index (χ1n) is 7.13. The zero-order valence-electron chi connectivity index (χ0n) is 12.2. The molecular formula is C14H21N3O4. The maximum atomic E-state index is 11.0. The van der Waals surface area contributed by atoms with Gasteiger partial charge in [0.05, 0.1) is 24.2 Å². The van der Waals surface area contributed by atoms with Crippen LogP contribution in [0.4, 0.5) is 11.4 Å². The number of nitro benzene ring substituents is 1. The van der Waals surface area contributed by atoms with Crippen molar-refractivity contribution >= 4 is 11.4 Å². The summed E-state index contributed by atoms with van der Waals surface area (Å²) in [6, 6.07) is 4.97. The molecule has 2 rings (SSSR count). The lowest BCUT2D eigenvalue weighted by molar-refractivity contribution is -0.385. The quantitative estimate of drug-likeness (QED) is 0.632. The molecule has 0 radical (unpaired) electrons. The maximum Gasteiger partial charge on any atom is 0.311 e. The molecule has 1 aromatic carbocycles. The summed E-state index contributed by atoms with van der Waals surface area (Å²) in [5.74, 6) is 0.315. The molecule has 7 heteroatoms. The third-order valence-electron chi connectivity index (χ3n) is 3.37. The van der Waals surface area contributed by atoms with Crippen LogP contribution in [0.2, 0.25) is 0 Å². The summed E-state index contributed by atoms with van der Waals surface area (Å²) in [5.41, 5.74) is 6.53. The van der Waals surface area contributed by atoms with Crippen molar-refractivity contribution in [1.29, 1.82) is 0 Å². The first-order chi connectivity index (χ1) is 10.2. The van der Waals surface area contributed by atoms with Crippen LogP contribution in [0.25, 0.3) is 0 Å². The number of ether oxygens (including phenoxy) is 2. The summed E-state index contributed by atoms with van der Waals surface area (Å²) in [4.78, 5) is 12.7. The number of anilines is 1. The van der Waals surface area contributed by atoms with Crippen molar-refractivity contribution in [3.63, 3.8) is 0 Å². The number of nitro groups is 1. The van der Waals surface area contributed by atoms with E-state index in [1.807, 2.05) is 6.92 Å². The zero-order valence-corrected chi connectivity index (χ0v) is 12.2. The lowest BCUT2D eigenvalue weighted by Crippen LogP contribution is -2.45. The van der Waals surface area contributed by atoms with Crippen LogP contribution in [-0.2, 0) is 4.74 Å². The van der Waals surface area contributed by atoms with Crippen molar-refractivity contribution in [3.8, 4) is 5.75 Å². The predicted molar refractivity (Wildman–Crippen MR) is 79.9 cm³/mol. The molecule has 0 spiro atoms. The van der Waals surface area contributed by atoms with Gasteiger partial charge < -0.3 is 20.1 Å². The number of morpholine rings is 1. The van der Waals surface area contributed by atoms with E-state index in [1.54, 1.807) is 12.1 Å². The van der Waals surface area contributed by atoms with E-state index in [0.29, 0.717) is 32.1 Å². The van der Waals surface area contributed by atoms with Gasteiger partial charge in [0, 0.05) is 37.5 Å². The fourth-order valence-electron chi connectivity index (χ4n) is 2.27. The van der Waals surface area contributed by atoms with E-state index in [0.717, 1.165) is 18.7 Å². The molecule has 1 aliphatic rings. The Balaban J connectivity index is 2.21. The van der Waals surface area contributed by atoms with Crippen LogP contribution < -0.4 is 15.4 Å². The Morgan fingerprint density at radius 3 is 3.05 bits per heavy atom. The second-order valence-corrected chi connectivity index (χ2v) is 4.93. The van der Waals surface area contributed by atoms with Crippen molar-refractivity contribution < 1.29 is 14.4 Å². The standard InChI is InChI=1S/C14H21N3O4/c1-2-6-21-14-8-11(3-4-13(14)17(18)19)16-5-7-20-12(9-15)10-16/h3-4,8,12H,2,5-7,9-10,15H2,1H3. The van der Waals surface area contributed by atoms with Crippen LogP contribution in [0.1, 0.15) is 13.3 Å². The number of rotatable bonds is 6. The normalized spacial score (nSPS) is 18.6. The molecule has 0 saturated carbocycles. The van der Waals surface area contributed by atoms with E-state index >= 15 is 0 Å². The smallest absolute Gasteiger partial charge is 0.311 e. The molecule has 0 amide bonds. The lowest BCUT2D eigenvalue weighted by Gasteiger charge is -2.34. The number of hydrogen-bond donors (Lipinski definition) is 1. The number of hydrogen-bond acceptors (Lipinski definition) is 6. The fourth-order valence-corrected chi connectivity index (χ4v) is 2.27. The molecular weight excluding hydrogens is 274 g/mol. The molecule has 116 valence electrons. The predicted octanol–water partition coefficient (Wildman–Crippen LogP) is 1.55. The van der Waals surface area contributed by atoms with Gasteiger partial charge in [-0.25, -0.2) is 0 Å². The van der Waals surface area contributed by atoms with Crippen LogP contribution in [0.5, 0.6) is 5.75 Å². The van der Waals surface area contributed by atoms with Gasteiger partial charge in [-0.2, -0.15) is 0 Å². The minimum Gasteiger partial charge on any atom is -0.487 e. The molecule has 0 bridgehead atoms. The second-order valence-electron chi connectivity index (χ2n) is 4.93. The van der Waals surface area contributed by atoms with E-state index in [1.165, 1.54) is 6.07 Å². The molecule has 21 heavy (non-hydrogen) atoms. The Labute approximate surface area is 123 Å². The first kappa shape index (κ1) is 15.5. The van der Waals surface area contributed by atoms with E-state index in [-0.39, 0.29) is 11.8 Å². The van der Waals surface area contributed by atoms with Crippen LogP contribution in [-0.4, -0.2) is 43.9 Å². The molecule has 1 aromatic rings. The Bertz CT molecular complexity index is 495. The summed E-state index contributed by atoms with van der Waals surface area (Å²) in [5, 5.41) is 11.0. The largest absolute Gasteiger partial charge is 0.487 e. The van der Waals surface area contributed by atoms with Gasteiger partial charge in [-0.3, -0.25) is 10.1 Å². The topological polar surface area (TPSA) is 90.9 Å². The van der Waals surface area contributed by atoms with Crippen molar-refractivity contribution in [2.45, 2.75) is 19.4 Å². The van der Waals surface area contributed by atoms with Gasteiger partial charge in [-0.1, -0.05) is 6.92 Å². The molecule has 2 N–H and O–H groups in total. The zero-order chi connectivity index (χ0) is 15.2. The van der Waals surface area contributed by atoms with Gasteiger partial charge in [0.1, 0.15) is 0 Å². The van der Waals surface area contributed by atoms with Crippen LogP contribution >= 0.6 is 0 Å². The molecule has 1 fully saturated rings. The summed E-state index contributed by atoms with van der Waals surface area (Å²) in [7, 11) is 0. The number of nitrogens with two attached hydrogens (primary N) is 1. The number of benzene rings is 1. The highest BCUT2D eigenvalue weighted by atomic mass is 16.6. The highest BCUT2D eigenvalue weighted by Gasteiger charge is 2.22. The van der Waals surface area contributed by atoms with Crippen LogP contribution in [0.15, 0.2) is 18.2 Å². The fraction of sp³-hybridized carbons (Fsp3) is 0.571. The van der Waals surface area contributed by atoms with Crippen molar-refractivity contribution in [2.24, 2.45) is 5.73 Å².